The summed E-state index contributed by atoms with van der Waals surface area (Å²) < 4.78 is 16.7. The second-order valence-corrected chi connectivity index (χ2v) is 9.28. The summed E-state index contributed by atoms with van der Waals surface area (Å²) in [6.45, 7) is 4.23. The summed E-state index contributed by atoms with van der Waals surface area (Å²) in [6.07, 6.45) is 1.68. The number of amides is 1. The van der Waals surface area contributed by atoms with Crippen LogP contribution in [0.4, 0.5) is 5.69 Å². The summed E-state index contributed by atoms with van der Waals surface area (Å²) in [7, 11) is 1.50. The number of rotatable bonds is 7. The molecular formula is C29H24ClNO5. The quantitative estimate of drug-likeness (QED) is 0.235. The Bertz CT molecular complexity index is 1610. The fourth-order valence-corrected chi connectivity index (χ4v) is 4.48. The first kappa shape index (κ1) is 23.7. The maximum absolute atomic E-state index is 13.4. The number of carbonyl (C=O) groups excluding carboxylic acids is 2. The molecule has 182 valence electrons. The molecule has 0 aliphatic carbocycles. The van der Waals surface area contributed by atoms with Crippen LogP contribution in [-0.2, 0) is 11.2 Å². The van der Waals surface area contributed by atoms with Gasteiger partial charge in [0.1, 0.15) is 16.9 Å². The molecule has 6 nitrogen and oxygen atoms in total. The van der Waals surface area contributed by atoms with Crippen LogP contribution < -0.4 is 10.1 Å². The van der Waals surface area contributed by atoms with E-state index in [9.17, 15) is 9.59 Å². The van der Waals surface area contributed by atoms with Gasteiger partial charge >= 0.3 is 0 Å². The molecule has 5 rings (SSSR count). The van der Waals surface area contributed by atoms with Crippen molar-refractivity contribution in [2.24, 2.45) is 0 Å². The standard InChI is InChI=1S/C29H24ClNO5/c1-16(2)17-8-10-23-21(12-17)19(15-35-23)14-26(32)31-27-20-6-4-5-7-24(20)36-29(27)28(33)18-9-11-25(34-3)22(30)13-18/h4-13,15-16H,14H2,1-3H3,(H,31,32). The molecule has 0 bridgehead atoms. The van der Waals surface area contributed by atoms with Gasteiger partial charge in [0.25, 0.3) is 0 Å². The Labute approximate surface area is 212 Å². The lowest BCUT2D eigenvalue weighted by Crippen LogP contribution is -2.16. The van der Waals surface area contributed by atoms with Crippen LogP contribution in [0.15, 0.2) is 75.8 Å². The molecule has 5 aromatic rings. The Kier molecular flexibility index (Phi) is 6.29. The van der Waals surface area contributed by atoms with E-state index in [4.69, 9.17) is 25.2 Å². The van der Waals surface area contributed by atoms with Gasteiger partial charge < -0.3 is 18.9 Å². The highest BCUT2D eigenvalue weighted by Gasteiger charge is 2.24. The molecule has 1 N–H and O–H groups in total. The Morgan fingerprint density at radius 3 is 2.56 bits per heavy atom. The normalized spacial score (nSPS) is 11.4. The third-order valence-corrected chi connectivity index (χ3v) is 6.47. The first-order chi connectivity index (χ1) is 17.4. The topological polar surface area (TPSA) is 81.7 Å². The van der Waals surface area contributed by atoms with Crippen LogP contribution >= 0.6 is 11.6 Å². The van der Waals surface area contributed by atoms with Gasteiger partial charge in [0, 0.05) is 21.9 Å². The van der Waals surface area contributed by atoms with Crippen molar-refractivity contribution in [2.45, 2.75) is 26.2 Å². The third-order valence-electron chi connectivity index (χ3n) is 6.18. The van der Waals surface area contributed by atoms with Crippen molar-refractivity contribution in [3.8, 4) is 5.75 Å². The van der Waals surface area contributed by atoms with Crippen molar-refractivity contribution in [3.05, 3.63) is 94.4 Å². The Morgan fingerprint density at radius 1 is 1.00 bits per heavy atom. The molecule has 0 aliphatic heterocycles. The number of para-hydroxylation sites is 1. The Balaban J connectivity index is 1.48. The molecule has 0 atom stereocenters. The number of carbonyl (C=O) groups is 2. The van der Waals surface area contributed by atoms with Gasteiger partial charge in [-0.05, 0) is 53.9 Å². The lowest BCUT2D eigenvalue weighted by molar-refractivity contribution is -0.115. The lowest BCUT2D eigenvalue weighted by atomic mass is 10.00. The second kappa shape index (κ2) is 9.55. The van der Waals surface area contributed by atoms with Crippen LogP contribution in [-0.4, -0.2) is 18.8 Å². The SMILES string of the molecule is COc1ccc(C(=O)c2oc3ccccc3c2NC(=O)Cc2coc3ccc(C(C)C)cc23)cc1Cl. The predicted octanol–water partition coefficient (Wildman–Crippen LogP) is 7.38. The largest absolute Gasteiger partial charge is 0.495 e. The maximum Gasteiger partial charge on any atom is 0.230 e. The first-order valence-electron chi connectivity index (χ1n) is 11.6. The number of hydrogen-bond acceptors (Lipinski definition) is 5. The van der Waals surface area contributed by atoms with Crippen molar-refractivity contribution in [1.82, 2.24) is 0 Å². The minimum Gasteiger partial charge on any atom is -0.495 e. The zero-order chi connectivity index (χ0) is 25.4. The van der Waals surface area contributed by atoms with E-state index in [1.54, 1.807) is 36.6 Å². The van der Waals surface area contributed by atoms with E-state index in [1.165, 1.54) is 13.2 Å². The lowest BCUT2D eigenvalue weighted by Gasteiger charge is -2.08. The van der Waals surface area contributed by atoms with Crippen LogP contribution in [0.25, 0.3) is 21.9 Å². The average Bonchev–Trinajstić information content (AvgIpc) is 3.44. The molecule has 0 saturated carbocycles. The minimum atomic E-state index is -0.401. The molecule has 36 heavy (non-hydrogen) atoms. The average molecular weight is 502 g/mol. The number of furan rings is 2. The maximum atomic E-state index is 13.4. The molecule has 1 amide bonds. The Hall–Kier alpha value is -4.03. The molecule has 2 heterocycles. The molecule has 2 aromatic heterocycles. The summed E-state index contributed by atoms with van der Waals surface area (Å²) in [4.78, 5) is 26.6. The number of fused-ring (bicyclic) bond motifs is 2. The zero-order valence-corrected chi connectivity index (χ0v) is 20.8. The van der Waals surface area contributed by atoms with Gasteiger partial charge in [0.05, 0.1) is 30.5 Å². The predicted molar refractivity (Wildman–Crippen MR) is 140 cm³/mol. The Morgan fingerprint density at radius 2 is 1.81 bits per heavy atom. The summed E-state index contributed by atoms with van der Waals surface area (Å²) in [6, 6.07) is 17.9. The van der Waals surface area contributed by atoms with Gasteiger partial charge in [-0.1, -0.05) is 43.6 Å². The van der Waals surface area contributed by atoms with Gasteiger partial charge in [0.15, 0.2) is 5.76 Å². The number of ketones is 1. The fraction of sp³-hybridized carbons (Fsp3) is 0.172. The van der Waals surface area contributed by atoms with E-state index in [0.29, 0.717) is 38.9 Å². The van der Waals surface area contributed by atoms with E-state index in [1.807, 2.05) is 18.2 Å². The van der Waals surface area contributed by atoms with Crippen LogP contribution in [0.5, 0.6) is 5.75 Å². The number of hydrogen-bond donors (Lipinski definition) is 1. The van der Waals surface area contributed by atoms with Crippen LogP contribution in [0.1, 0.15) is 47.0 Å². The molecule has 0 aliphatic rings. The van der Waals surface area contributed by atoms with Crippen molar-refractivity contribution < 1.29 is 23.2 Å². The molecule has 0 saturated heterocycles. The first-order valence-corrected chi connectivity index (χ1v) is 11.9. The van der Waals surface area contributed by atoms with E-state index in [0.717, 1.165) is 22.1 Å². The monoisotopic (exact) mass is 501 g/mol. The number of halogens is 1. The highest BCUT2D eigenvalue weighted by Crippen LogP contribution is 2.34. The molecule has 0 fully saturated rings. The molecule has 0 spiro atoms. The minimum absolute atomic E-state index is 0.0323. The van der Waals surface area contributed by atoms with Gasteiger partial charge in [0.2, 0.25) is 11.7 Å². The summed E-state index contributed by atoms with van der Waals surface area (Å²) in [5.41, 5.74) is 3.79. The number of benzene rings is 3. The van der Waals surface area contributed by atoms with Crippen molar-refractivity contribution in [3.63, 3.8) is 0 Å². The number of nitrogens with one attached hydrogen (secondary N) is 1. The molecule has 7 heteroatoms. The van der Waals surface area contributed by atoms with E-state index in [-0.39, 0.29) is 18.1 Å². The van der Waals surface area contributed by atoms with Crippen molar-refractivity contribution in [2.75, 3.05) is 12.4 Å². The smallest absolute Gasteiger partial charge is 0.230 e. The fourth-order valence-electron chi connectivity index (χ4n) is 4.22. The molecule has 3 aromatic carbocycles. The van der Waals surface area contributed by atoms with Crippen molar-refractivity contribution in [1.29, 1.82) is 0 Å². The van der Waals surface area contributed by atoms with Gasteiger partial charge in [-0.25, -0.2) is 0 Å². The van der Waals surface area contributed by atoms with Crippen molar-refractivity contribution >= 4 is 50.9 Å². The summed E-state index contributed by atoms with van der Waals surface area (Å²) in [5.74, 6) is 0.148. The van der Waals surface area contributed by atoms with E-state index in [2.05, 4.69) is 25.2 Å². The summed E-state index contributed by atoms with van der Waals surface area (Å²) >= 11 is 6.24. The molecule has 0 unspecified atom stereocenters. The number of ether oxygens (including phenoxy) is 1. The zero-order valence-electron chi connectivity index (χ0n) is 20.1. The third kappa shape index (κ3) is 4.36. The molecule has 0 radical (unpaired) electrons. The second-order valence-electron chi connectivity index (χ2n) is 8.88. The summed E-state index contributed by atoms with van der Waals surface area (Å²) in [5, 5.41) is 4.75. The number of methoxy groups -OCH3 is 1. The van der Waals surface area contributed by atoms with Gasteiger partial charge in [-0.15, -0.1) is 0 Å². The van der Waals surface area contributed by atoms with Gasteiger partial charge in [-0.3, -0.25) is 9.59 Å². The van der Waals surface area contributed by atoms with E-state index >= 15 is 0 Å². The van der Waals surface area contributed by atoms with Crippen LogP contribution in [0.3, 0.4) is 0 Å². The highest BCUT2D eigenvalue weighted by molar-refractivity contribution is 6.32. The number of anilines is 1. The van der Waals surface area contributed by atoms with Gasteiger partial charge in [-0.2, -0.15) is 0 Å². The molecular weight excluding hydrogens is 478 g/mol. The van der Waals surface area contributed by atoms with Crippen LogP contribution in [0, 0.1) is 0 Å². The van der Waals surface area contributed by atoms with Crippen LogP contribution in [0.2, 0.25) is 5.02 Å². The van der Waals surface area contributed by atoms with E-state index < -0.39 is 5.78 Å². The highest BCUT2D eigenvalue weighted by atomic mass is 35.5.